The largest absolute Gasteiger partial charge is 0.496 e. The maximum atomic E-state index is 11.2. The van der Waals surface area contributed by atoms with Gasteiger partial charge in [-0.25, -0.2) is 0 Å². The smallest absolute Gasteiger partial charge is 0.322 e. The molecular weight excluding hydrogens is 242 g/mol. The molecule has 0 fully saturated rings. The Kier molecular flexibility index (Phi) is 5.25. The van der Waals surface area contributed by atoms with Crippen LogP contribution >= 0.6 is 11.6 Å². The molecule has 4 nitrogen and oxygen atoms in total. The van der Waals surface area contributed by atoms with Crippen LogP contribution in [-0.4, -0.2) is 26.2 Å². The molecule has 0 saturated heterocycles. The first-order chi connectivity index (χ1) is 8.10. The Balaban J connectivity index is 2.72. The lowest BCUT2D eigenvalue weighted by Gasteiger charge is -2.14. The van der Waals surface area contributed by atoms with E-state index < -0.39 is 0 Å². The zero-order valence-electron chi connectivity index (χ0n) is 10.1. The molecule has 0 spiro atoms. The monoisotopic (exact) mass is 257 g/mol. The van der Waals surface area contributed by atoms with Crippen LogP contribution in [0.15, 0.2) is 18.2 Å². The first-order valence-electron chi connectivity index (χ1n) is 5.22. The Morgan fingerprint density at radius 1 is 1.47 bits per heavy atom. The highest BCUT2D eigenvalue weighted by molar-refractivity contribution is 6.31. The van der Waals surface area contributed by atoms with Crippen LogP contribution in [0, 0.1) is 0 Å². The molecule has 0 aliphatic rings. The summed E-state index contributed by atoms with van der Waals surface area (Å²) in [4.78, 5) is 11.2. The van der Waals surface area contributed by atoms with Gasteiger partial charge in [0.05, 0.1) is 14.2 Å². The van der Waals surface area contributed by atoms with Gasteiger partial charge in [-0.15, -0.1) is 0 Å². The Hall–Kier alpha value is -1.26. The highest BCUT2D eigenvalue weighted by Crippen LogP contribution is 2.25. The molecule has 0 radical (unpaired) electrons. The Labute approximate surface area is 106 Å². The van der Waals surface area contributed by atoms with Gasteiger partial charge in [-0.2, -0.15) is 0 Å². The van der Waals surface area contributed by atoms with Gasteiger partial charge < -0.3 is 14.8 Å². The molecule has 5 heteroatoms. The maximum Gasteiger partial charge on any atom is 0.322 e. The van der Waals surface area contributed by atoms with Crippen molar-refractivity contribution in [3.8, 4) is 5.75 Å². The van der Waals surface area contributed by atoms with Crippen molar-refractivity contribution in [2.75, 3.05) is 14.2 Å². The van der Waals surface area contributed by atoms with Gasteiger partial charge in [0.1, 0.15) is 11.8 Å². The summed E-state index contributed by atoms with van der Waals surface area (Å²) in [6.07, 6.45) is 0. The van der Waals surface area contributed by atoms with E-state index in [0.717, 1.165) is 5.56 Å². The van der Waals surface area contributed by atoms with E-state index in [1.807, 2.05) is 12.1 Å². The predicted molar refractivity (Wildman–Crippen MR) is 66.3 cm³/mol. The van der Waals surface area contributed by atoms with Gasteiger partial charge in [0.15, 0.2) is 0 Å². The molecule has 1 N–H and O–H groups in total. The molecule has 0 aliphatic carbocycles. The Morgan fingerprint density at radius 2 is 2.18 bits per heavy atom. The average molecular weight is 258 g/mol. The highest BCUT2D eigenvalue weighted by atomic mass is 35.5. The zero-order chi connectivity index (χ0) is 12.8. The van der Waals surface area contributed by atoms with Crippen molar-refractivity contribution in [1.29, 1.82) is 0 Å². The van der Waals surface area contributed by atoms with Crippen molar-refractivity contribution in [3.63, 3.8) is 0 Å². The quantitative estimate of drug-likeness (QED) is 0.820. The fourth-order valence-electron chi connectivity index (χ4n) is 1.42. The van der Waals surface area contributed by atoms with Gasteiger partial charge in [-0.1, -0.05) is 17.7 Å². The summed E-state index contributed by atoms with van der Waals surface area (Å²) in [5.74, 6) is 0.387. The number of benzene rings is 1. The number of rotatable bonds is 5. The van der Waals surface area contributed by atoms with Gasteiger partial charge in [0.25, 0.3) is 0 Å². The van der Waals surface area contributed by atoms with E-state index >= 15 is 0 Å². The molecule has 17 heavy (non-hydrogen) atoms. The first-order valence-corrected chi connectivity index (χ1v) is 5.60. The second-order valence-electron chi connectivity index (χ2n) is 3.55. The molecule has 94 valence electrons. The van der Waals surface area contributed by atoms with Gasteiger partial charge in [-0.05, 0) is 19.1 Å². The van der Waals surface area contributed by atoms with Crippen molar-refractivity contribution in [3.05, 3.63) is 28.8 Å². The second-order valence-corrected chi connectivity index (χ2v) is 3.95. The van der Waals surface area contributed by atoms with Crippen molar-refractivity contribution in [2.24, 2.45) is 0 Å². The normalized spacial score (nSPS) is 12.0. The van der Waals surface area contributed by atoms with Gasteiger partial charge in [-0.3, -0.25) is 4.79 Å². The van der Waals surface area contributed by atoms with Crippen molar-refractivity contribution in [1.82, 2.24) is 5.32 Å². The average Bonchev–Trinajstić information content (AvgIpc) is 2.35. The number of nitrogens with one attached hydrogen (secondary N) is 1. The van der Waals surface area contributed by atoms with Crippen LogP contribution in [-0.2, 0) is 16.1 Å². The van der Waals surface area contributed by atoms with Gasteiger partial charge in [0.2, 0.25) is 0 Å². The number of hydrogen-bond acceptors (Lipinski definition) is 4. The molecule has 1 rings (SSSR count). The first kappa shape index (κ1) is 13.8. The summed E-state index contributed by atoms with van der Waals surface area (Å²) in [7, 11) is 2.94. The Morgan fingerprint density at radius 3 is 2.76 bits per heavy atom. The number of hydrogen-bond donors (Lipinski definition) is 1. The van der Waals surface area contributed by atoms with Crippen molar-refractivity contribution in [2.45, 2.75) is 19.5 Å². The van der Waals surface area contributed by atoms with Crippen LogP contribution in [0.3, 0.4) is 0 Å². The van der Waals surface area contributed by atoms with E-state index in [4.69, 9.17) is 16.3 Å². The van der Waals surface area contributed by atoms with E-state index in [2.05, 4.69) is 10.1 Å². The molecule has 0 amide bonds. The summed E-state index contributed by atoms with van der Waals surface area (Å²) >= 11 is 6.07. The van der Waals surface area contributed by atoms with Crippen molar-refractivity contribution < 1.29 is 14.3 Å². The number of methoxy groups -OCH3 is 2. The number of carbonyl (C=O) groups excluding carboxylic acids is 1. The summed E-state index contributed by atoms with van der Waals surface area (Å²) in [5.41, 5.74) is 0.826. The standard InChI is InChI=1S/C12H16ClNO3/c1-8(12(15)17-3)14-7-9-10(13)5-4-6-11(9)16-2/h4-6,8,14H,7H2,1-3H3. The second kappa shape index (κ2) is 6.47. The number of carbonyl (C=O) groups is 1. The molecule has 1 aromatic carbocycles. The van der Waals surface area contributed by atoms with E-state index in [1.165, 1.54) is 7.11 Å². The number of esters is 1. The van der Waals surface area contributed by atoms with Crippen LogP contribution in [0.1, 0.15) is 12.5 Å². The summed E-state index contributed by atoms with van der Waals surface area (Å²) in [6.45, 7) is 2.17. The maximum absolute atomic E-state index is 11.2. The molecule has 0 heterocycles. The SMILES string of the molecule is COC(=O)C(C)NCc1c(Cl)cccc1OC. The molecule has 0 saturated carbocycles. The summed E-state index contributed by atoms with van der Waals surface area (Å²) in [5, 5.41) is 3.63. The minimum absolute atomic E-state index is 0.309. The third-order valence-corrected chi connectivity index (χ3v) is 2.79. The predicted octanol–water partition coefficient (Wildman–Crippen LogP) is 2.00. The van der Waals surface area contributed by atoms with Gasteiger partial charge >= 0.3 is 5.97 Å². The number of halogens is 1. The van der Waals surface area contributed by atoms with Gasteiger partial charge in [0, 0.05) is 17.1 Å². The number of ether oxygens (including phenoxy) is 2. The van der Waals surface area contributed by atoms with E-state index in [9.17, 15) is 4.79 Å². The molecular formula is C12H16ClNO3. The molecule has 0 aromatic heterocycles. The lowest BCUT2D eigenvalue weighted by molar-refractivity contribution is -0.142. The third kappa shape index (κ3) is 3.61. The minimum Gasteiger partial charge on any atom is -0.496 e. The minimum atomic E-state index is -0.388. The van der Waals surface area contributed by atoms with Crippen LogP contribution < -0.4 is 10.1 Å². The van der Waals surface area contributed by atoms with E-state index in [1.54, 1.807) is 20.1 Å². The Bertz CT molecular complexity index is 395. The van der Waals surface area contributed by atoms with E-state index in [0.29, 0.717) is 17.3 Å². The fraction of sp³-hybridized carbons (Fsp3) is 0.417. The fourth-order valence-corrected chi connectivity index (χ4v) is 1.65. The van der Waals surface area contributed by atoms with Crippen LogP contribution in [0.2, 0.25) is 5.02 Å². The lowest BCUT2D eigenvalue weighted by atomic mass is 10.2. The van der Waals surface area contributed by atoms with E-state index in [-0.39, 0.29) is 12.0 Å². The topological polar surface area (TPSA) is 47.6 Å². The lowest BCUT2D eigenvalue weighted by Crippen LogP contribution is -2.34. The van der Waals surface area contributed by atoms with Crippen LogP contribution in [0.4, 0.5) is 0 Å². The van der Waals surface area contributed by atoms with Crippen molar-refractivity contribution >= 4 is 17.6 Å². The molecule has 1 aromatic rings. The van der Waals surface area contributed by atoms with Crippen LogP contribution in [0.5, 0.6) is 5.75 Å². The molecule has 0 aliphatic heterocycles. The summed E-state index contributed by atoms with van der Waals surface area (Å²) in [6, 6.07) is 5.03. The zero-order valence-corrected chi connectivity index (χ0v) is 10.9. The summed E-state index contributed by atoms with van der Waals surface area (Å²) < 4.78 is 9.83. The highest BCUT2D eigenvalue weighted by Gasteiger charge is 2.14. The molecule has 1 atom stereocenters. The van der Waals surface area contributed by atoms with Crippen LogP contribution in [0.25, 0.3) is 0 Å². The molecule has 0 bridgehead atoms. The molecule has 1 unspecified atom stereocenters. The third-order valence-electron chi connectivity index (χ3n) is 2.44.